The number of nitrogens with one attached hydrogen (secondary N) is 1. The largest absolute Gasteiger partial charge is 0.486 e. The lowest BCUT2D eigenvalue weighted by Gasteiger charge is -2.20. The minimum Gasteiger partial charge on any atom is -0.486 e. The van der Waals surface area contributed by atoms with E-state index in [0.29, 0.717) is 25.7 Å². The zero-order chi connectivity index (χ0) is 19.6. The summed E-state index contributed by atoms with van der Waals surface area (Å²) < 4.78 is 17.4. The van der Waals surface area contributed by atoms with Crippen LogP contribution in [-0.2, 0) is 19.6 Å². The van der Waals surface area contributed by atoms with Gasteiger partial charge in [0.1, 0.15) is 19.8 Å². The minimum atomic E-state index is 0.494. The van der Waals surface area contributed by atoms with Gasteiger partial charge in [0.15, 0.2) is 11.5 Å². The van der Waals surface area contributed by atoms with Gasteiger partial charge in [-0.25, -0.2) is 4.98 Å². The Bertz CT molecular complexity index is 1050. The predicted molar refractivity (Wildman–Crippen MR) is 112 cm³/mol. The van der Waals surface area contributed by atoms with E-state index in [4.69, 9.17) is 19.2 Å². The molecule has 0 saturated heterocycles. The van der Waals surface area contributed by atoms with E-state index in [1.165, 1.54) is 16.7 Å². The molecule has 0 saturated carbocycles. The summed E-state index contributed by atoms with van der Waals surface area (Å²) in [4.78, 5) is 4.69. The molecule has 3 aromatic rings. The van der Waals surface area contributed by atoms with Crippen molar-refractivity contribution in [2.75, 3.05) is 19.8 Å². The zero-order valence-electron chi connectivity index (χ0n) is 16.5. The Kier molecular flexibility index (Phi) is 4.82. The molecule has 5 heteroatoms. The van der Waals surface area contributed by atoms with Crippen LogP contribution >= 0.6 is 0 Å². The van der Waals surface area contributed by atoms with Crippen molar-refractivity contribution < 1.29 is 14.2 Å². The topological polar surface area (TPSA) is 52.6 Å². The fourth-order valence-corrected chi connectivity index (χ4v) is 3.91. The van der Waals surface area contributed by atoms with Crippen LogP contribution in [0.2, 0.25) is 0 Å². The van der Waals surface area contributed by atoms with Gasteiger partial charge in [0.2, 0.25) is 5.88 Å². The molecule has 0 radical (unpaired) electrons. The van der Waals surface area contributed by atoms with E-state index in [2.05, 4.69) is 48.6 Å². The van der Waals surface area contributed by atoms with Crippen molar-refractivity contribution in [2.45, 2.75) is 26.5 Å². The van der Waals surface area contributed by atoms with Crippen molar-refractivity contribution >= 4 is 0 Å². The highest BCUT2D eigenvalue weighted by Crippen LogP contribution is 2.36. The van der Waals surface area contributed by atoms with Crippen molar-refractivity contribution in [1.82, 2.24) is 10.3 Å². The maximum absolute atomic E-state index is 6.04. The van der Waals surface area contributed by atoms with Crippen LogP contribution in [0.15, 0.2) is 48.5 Å². The van der Waals surface area contributed by atoms with Gasteiger partial charge in [-0.3, -0.25) is 0 Å². The number of rotatable bonds is 4. The molecule has 29 heavy (non-hydrogen) atoms. The Morgan fingerprint density at radius 2 is 1.93 bits per heavy atom. The van der Waals surface area contributed by atoms with Crippen LogP contribution < -0.4 is 19.5 Å². The summed E-state index contributed by atoms with van der Waals surface area (Å²) in [5, 5.41) is 3.37. The van der Waals surface area contributed by atoms with Crippen molar-refractivity contribution in [1.29, 1.82) is 0 Å². The van der Waals surface area contributed by atoms with E-state index in [1.54, 1.807) is 0 Å². The van der Waals surface area contributed by atoms with Gasteiger partial charge in [0, 0.05) is 25.6 Å². The lowest BCUT2D eigenvalue weighted by Crippen LogP contribution is -2.24. The summed E-state index contributed by atoms with van der Waals surface area (Å²) in [5.41, 5.74) is 7.05. The van der Waals surface area contributed by atoms with E-state index in [-0.39, 0.29) is 0 Å². The molecule has 2 aromatic carbocycles. The molecule has 5 rings (SSSR count). The molecule has 0 bridgehead atoms. The van der Waals surface area contributed by atoms with Crippen molar-refractivity contribution in [3.63, 3.8) is 0 Å². The predicted octanol–water partition coefficient (Wildman–Crippen LogP) is 4.05. The Balaban J connectivity index is 1.37. The van der Waals surface area contributed by atoms with E-state index >= 15 is 0 Å². The lowest BCUT2D eigenvalue weighted by atomic mass is 9.96. The molecule has 0 spiro atoms. The van der Waals surface area contributed by atoms with Gasteiger partial charge in [-0.15, -0.1) is 0 Å². The maximum Gasteiger partial charge on any atom is 0.213 e. The lowest BCUT2D eigenvalue weighted by molar-refractivity contribution is 0.171. The monoisotopic (exact) mass is 388 g/mol. The Labute approximate surface area is 170 Å². The second-order valence-corrected chi connectivity index (χ2v) is 7.42. The van der Waals surface area contributed by atoms with Crippen LogP contribution in [0, 0.1) is 6.92 Å². The smallest absolute Gasteiger partial charge is 0.213 e. The molecular formula is C24H24N2O3. The first kappa shape index (κ1) is 18.0. The number of nitrogens with zero attached hydrogens (tertiary/aromatic N) is 1. The van der Waals surface area contributed by atoms with Gasteiger partial charge in [0.05, 0.1) is 5.69 Å². The molecule has 3 heterocycles. The number of ether oxygens (including phenoxy) is 3. The second-order valence-electron chi connectivity index (χ2n) is 7.42. The first-order valence-electron chi connectivity index (χ1n) is 10.1. The molecule has 1 N–H and O–H groups in total. The summed E-state index contributed by atoms with van der Waals surface area (Å²) in [6.45, 7) is 5.68. The van der Waals surface area contributed by atoms with Gasteiger partial charge < -0.3 is 19.5 Å². The maximum atomic E-state index is 6.04. The fourth-order valence-electron chi connectivity index (χ4n) is 3.91. The first-order chi connectivity index (χ1) is 14.3. The fraction of sp³-hybridized carbons (Fsp3) is 0.292. The van der Waals surface area contributed by atoms with Crippen molar-refractivity contribution in [2.24, 2.45) is 0 Å². The van der Waals surface area contributed by atoms with Gasteiger partial charge >= 0.3 is 0 Å². The first-order valence-corrected chi connectivity index (χ1v) is 10.1. The minimum absolute atomic E-state index is 0.494. The van der Waals surface area contributed by atoms with Crippen molar-refractivity contribution in [3.8, 4) is 28.5 Å². The van der Waals surface area contributed by atoms with E-state index in [1.807, 2.05) is 12.1 Å². The highest BCUT2D eigenvalue weighted by Gasteiger charge is 2.15. The third-order valence-electron chi connectivity index (χ3n) is 5.57. The number of fused-ring (bicyclic) bond motifs is 2. The molecule has 0 atom stereocenters. The zero-order valence-corrected chi connectivity index (χ0v) is 16.5. The molecule has 2 aliphatic rings. The Morgan fingerprint density at radius 3 is 2.86 bits per heavy atom. The molecule has 1 aromatic heterocycles. The molecular weight excluding hydrogens is 364 g/mol. The molecule has 148 valence electrons. The van der Waals surface area contributed by atoms with Crippen LogP contribution in [0.1, 0.15) is 22.4 Å². The van der Waals surface area contributed by atoms with Crippen LogP contribution in [0.4, 0.5) is 0 Å². The van der Waals surface area contributed by atoms with Crippen LogP contribution in [-0.4, -0.2) is 24.7 Å². The summed E-state index contributed by atoms with van der Waals surface area (Å²) in [6, 6.07) is 16.5. The van der Waals surface area contributed by atoms with E-state index < -0.39 is 0 Å². The standard InChI is InChI=1S/C24H24N2O3/c1-16-19(15-29-24-8-6-18-14-25-10-9-21(18)26-24)3-2-4-20(16)17-5-7-22-23(13-17)28-12-11-27-22/h2-8,13,25H,9-12,14-15H2,1H3. The molecule has 0 fully saturated rings. The molecule has 0 aliphatic carbocycles. The van der Waals surface area contributed by atoms with Gasteiger partial charge in [-0.05, 0) is 46.9 Å². The van der Waals surface area contributed by atoms with Crippen LogP contribution in [0.25, 0.3) is 11.1 Å². The average molecular weight is 388 g/mol. The van der Waals surface area contributed by atoms with Gasteiger partial charge in [0.25, 0.3) is 0 Å². The number of hydrogen-bond donors (Lipinski definition) is 1. The average Bonchev–Trinajstić information content (AvgIpc) is 2.78. The molecule has 5 nitrogen and oxygen atoms in total. The normalized spacial score (nSPS) is 14.9. The molecule has 0 amide bonds. The summed E-state index contributed by atoms with van der Waals surface area (Å²) >= 11 is 0. The van der Waals surface area contributed by atoms with Gasteiger partial charge in [-0.1, -0.05) is 30.3 Å². The highest BCUT2D eigenvalue weighted by atomic mass is 16.6. The van der Waals surface area contributed by atoms with E-state index in [0.717, 1.165) is 47.8 Å². The highest BCUT2D eigenvalue weighted by molar-refractivity contribution is 5.71. The molecule has 2 aliphatic heterocycles. The second kappa shape index (κ2) is 7.76. The Morgan fingerprint density at radius 1 is 1.03 bits per heavy atom. The number of benzene rings is 2. The van der Waals surface area contributed by atoms with Gasteiger partial charge in [-0.2, -0.15) is 0 Å². The van der Waals surface area contributed by atoms with Crippen molar-refractivity contribution in [3.05, 3.63) is 70.9 Å². The third kappa shape index (κ3) is 3.66. The molecule has 0 unspecified atom stereocenters. The number of hydrogen-bond acceptors (Lipinski definition) is 5. The quantitative estimate of drug-likeness (QED) is 0.731. The number of aromatic nitrogens is 1. The van der Waals surface area contributed by atoms with Crippen LogP contribution in [0.3, 0.4) is 0 Å². The summed E-state index contributed by atoms with van der Waals surface area (Å²) in [6.07, 6.45) is 0.950. The SMILES string of the molecule is Cc1c(COc2ccc3c(n2)CCNC3)cccc1-c1ccc2c(c1)OCCO2. The Hall–Kier alpha value is -3.05. The van der Waals surface area contributed by atoms with E-state index in [9.17, 15) is 0 Å². The van der Waals surface area contributed by atoms with Crippen LogP contribution in [0.5, 0.6) is 17.4 Å². The summed E-state index contributed by atoms with van der Waals surface area (Å²) in [7, 11) is 0. The number of pyridine rings is 1. The third-order valence-corrected chi connectivity index (χ3v) is 5.57. The summed E-state index contributed by atoms with van der Waals surface area (Å²) in [5.74, 6) is 2.31.